The van der Waals surface area contributed by atoms with Gasteiger partial charge < -0.3 is 11.1 Å². The van der Waals surface area contributed by atoms with E-state index in [1.807, 2.05) is 42.5 Å². The number of alkyl halides is 6. The van der Waals surface area contributed by atoms with E-state index in [0.29, 0.717) is 27.8 Å². The lowest BCUT2D eigenvalue weighted by Gasteiger charge is -2.13. The summed E-state index contributed by atoms with van der Waals surface area (Å²) in [5.74, 6) is -0.329. The summed E-state index contributed by atoms with van der Waals surface area (Å²) in [7, 11) is 0. The second-order valence-electron chi connectivity index (χ2n) is 9.21. The Morgan fingerprint density at radius 2 is 1.20 bits per heavy atom. The number of nitrogens with two attached hydrogens (primary N) is 1. The molecule has 0 heterocycles. The van der Waals surface area contributed by atoms with Gasteiger partial charge in [-0.1, -0.05) is 71.8 Å². The van der Waals surface area contributed by atoms with Crippen LogP contribution >= 0.6 is 0 Å². The predicted molar refractivity (Wildman–Crippen MR) is 143 cm³/mol. The van der Waals surface area contributed by atoms with E-state index >= 15 is 0 Å². The Morgan fingerprint density at radius 1 is 0.700 bits per heavy atom. The first-order valence-corrected chi connectivity index (χ1v) is 12.3. The van der Waals surface area contributed by atoms with Crippen molar-refractivity contribution in [3.63, 3.8) is 0 Å². The number of carbonyl (C=O) groups is 1. The minimum atomic E-state index is -4.41. The third-order valence-electron chi connectivity index (χ3n) is 5.87. The van der Waals surface area contributed by atoms with Crippen LogP contribution in [-0.2, 0) is 25.4 Å². The third-order valence-corrected chi connectivity index (χ3v) is 5.87. The molecule has 0 saturated heterocycles. The van der Waals surface area contributed by atoms with Crippen LogP contribution in [0.3, 0.4) is 0 Å². The van der Waals surface area contributed by atoms with Gasteiger partial charge in [-0.25, -0.2) is 0 Å². The number of amides is 1. The normalized spacial score (nSPS) is 11.4. The lowest BCUT2D eigenvalue weighted by Crippen LogP contribution is -2.23. The molecule has 210 valence electrons. The molecule has 0 aliphatic carbocycles. The van der Waals surface area contributed by atoms with Crippen molar-refractivity contribution in [3.8, 4) is 11.1 Å². The Morgan fingerprint density at radius 3 is 1.75 bits per heavy atom. The average Bonchev–Trinajstić information content (AvgIpc) is 2.91. The molecule has 3 N–H and O–H groups in total. The summed E-state index contributed by atoms with van der Waals surface area (Å²) in [6.07, 6.45) is -8.69. The van der Waals surface area contributed by atoms with E-state index in [9.17, 15) is 31.1 Å². The maximum atomic E-state index is 13.0. The zero-order valence-corrected chi connectivity index (χ0v) is 21.8. The number of nitrogens with one attached hydrogen (secondary N) is 1. The zero-order chi connectivity index (χ0) is 29.5. The van der Waals surface area contributed by atoms with Gasteiger partial charge in [0.15, 0.2) is 0 Å². The van der Waals surface area contributed by atoms with Gasteiger partial charge in [0, 0.05) is 18.7 Å². The molecule has 0 bridgehead atoms. The third kappa shape index (κ3) is 8.44. The Labute approximate surface area is 228 Å². The summed E-state index contributed by atoms with van der Waals surface area (Å²) in [5, 5.41) is 2.73. The number of halogens is 6. The van der Waals surface area contributed by atoms with E-state index in [1.165, 1.54) is 0 Å². The highest BCUT2D eigenvalue weighted by Gasteiger charge is 2.31. The highest BCUT2D eigenvalue weighted by molar-refractivity contribution is 6.00. The predicted octanol–water partition coefficient (Wildman–Crippen LogP) is 8.08. The number of hydrogen-bond acceptors (Lipinski definition) is 2. The van der Waals surface area contributed by atoms with E-state index in [0.717, 1.165) is 35.4 Å². The van der Waals surface area contributed by atoms with Crippen molar-refractivity contribution in [1.82, 2.24) is 5.32 Å². The van der Waals surface area contributed by atoms with Crippen LogP contribution in [0.5, 0.6) is 0 Å². The summed E-state index contributed by atoms with van der Waals surface area (Å²) < 4.78 is 75.6. The quantitative estimate of drug-likeness (QED) is 0.243. The number of aryl methyl sites for hydroxylation is 2. The molecular formula is C31H28F6N2O. The van der Waals surface area contributed by atoms with Gasteiger partial charge >= 0.3 is 12.4 Å². The maximum absolute atomic E-state index is 13.0. The van der Waals surface area contributed by atoms with Crippen LogP contribution in [0.4, 0.5) is 26.3 Å². The van der Waals surface area contributed by atoms with Gasteiger partial charge in [-0.2, -0.15) is 26.3 Å². The summed E-state index contributed by atoms with van der Waals surface area (Å²) in [5.41, 5.74) is 8.07. The zero-order valence-electron chi connectivity index (χ0n) is 21.8. The molecule has 4 rings (SSSR count). The standard InChI is InChI=1S/C22H18F3NO.C9H10F3N/c1-15-11-16(13-18(12-15)22(23,24)25)14-26-21(27)20-10-6-5-9-19(20)17-7-3-2-4-8-17;1-6-2-7(5-13)4-8(3-6)9(10,11)12/h2-13H,14H2,1H3,(H,26,27);2-4H,5,13H2,1H3. The second kappa shape index (κ2) is 12.8. The van der Waals surface area contributed by atoms with Gasteiger partial charge in [-0.3, -0.25) is 4.79 Å². The Bertz CT molecular complexity index is 1450. The number of hydrogen-bond donors (Lipinski definition) is 2. The molecular weight excluding hydrogens is 530 g/mol. The fraction of sp³-hybridized carbons (Fsp3) is 0.194. The van der Waals surface area contributed by atoms with Gasteiger partial charge in [0.2, 0.25) is 0 Å². The Kier molecular flexibility index (Phi) is 9.76. The first kappa shape index (κ1) is 30.4. The minimum Gasteiger partial charge on any atom is -0.348 e. The molecule has 1 amide bonds. The van der Waals surface area contributed by atoms with Gasteiger partial charge in [-0.15, -0.1) is 0 Å². The van der Waals surface area contributed by atoms with Gasteiger partial charge in [-0.05, 0) is 66.4 Å². The molecule has 9 heteroatoms. The maximum Gasteiger partial charge on any atom is 0.416 e. The molecule has 0 spiro atoms. The van der Waals surface area contributed by atoms with Crippen LogP contribution < -0.4 is 11.1 Å². The Hall–Kier alpha value is -4.11. The van der Waals surface area contributed by atoms with Crippen molar-refractivity contribution in [2.24, 2.45) is 5.73 Å². The van der Waals surface area contributed by atoms with Crippen LogP contribution in [0.25, 0.3) is 11.1 Å². The van der Waals surface area contributed by atoms with Crippen molar-refractivity contribution in [2.45, 2.75) is 39.3 Å². The molecule has 40 heavy (non-hydrogen) atoms. The largest absolute Gasteiger partial charge is 0.416 e. The number of carbonyl (C=O) groups excluding carboxylic acids is 1. The van der Waals surface area contributed by atoms with Crippen molar-refractivity contribution >= 4 is 5.91 Å². The first-order valence-electron chi connectivity index (χ1n) is 12.3. The fourth-order valence-corrected chi connectivity index (χ4v) is 4.10. The van der Waals surface area contributed by atoms with Gasteiger partial charge in [0.25, 0.3) is 5.91 Å². The molecule has 0 unspecified atom stereocenters. The molecule has 0 aliphatic rings. The minimum absolute atomic E-state index is 0.0206. The lowest BCUT2D eigenvalue weighted by atomic mass is 9.99. The smallest absolute Gasteiger partial charge is 0.348 e. The summed E-state index contributed by atoms with van der Waals surface area (Å²) in [6, 6.07) is 24.3. The van der Waals surface area contributed by atoms with E-state index in [-0.39, 0.29) is 19.0 Å². The topological polar surface area (TPSA) is 55.1 Å². The van der Waals surface area contributed by atoms with Crippen LogP contribution in [0, 0.1) is 13.8 Å². The van der Waals surface area contributed by atoms with Crippen LogP contribution in [0.15, 0.2) is 91.0 Å². The van der Waals surface area contributed by atoms with E-state index in [2.05, 4.69) is 5.32 Å². The lowest BCUT2D eigenvalue weighted by molar-refractivity contribution is -0.138. The molecule has 0 aromatic heterocycles. The summed E-state index contributed by atoms with van der Waals surface area (Å²) in [6.45, 7) is 3.37. The molecule has 0 atom stereocenters. The van der Waals surface area contributed by atoms with Gasteiger partial charge in [0.1, 0.15) is 0 Å². The second-order valence-corrected chi connectivity index (χ2v) is 9.21. The van der Waals surface area contributed by atoms with Crippen molar-refractivity contribution in [2.75, 3.05) is 0 Å². The molecule has 3 nitrogen and oxygen atoms in total. The van der Waals surface area contributed by atoms with Crippen LogP contribution in [-0.4, -0.2) is 5.91 Å². The number of rotatable bonds is 5. The van der Waals surface area contributed by atoms with Crippen LogP contribution in [0.1, 0.15) is 43.7 Å². The SMILES string of the molecule is Cc1cc(CN)cc(C(F)(F)F)c1.Cc1cc(CNC(=O)c2ccccc2-c2ccccc2)cc(C(F)(F)F)c1. The van der Waals surface area contributed by atoms with Crippen molar-refractivity contribution in [1.29, 1.82) is 0 Å². The molecule has 0 saturated carbocycles. The first-order chi connectivity index (χ1) is 18.8. The Balaban J connectivity index is 0.000000285. The molecule has 0 aliphatic heterocycles. The summed E-state index contributed by atoms with van der Waals surface area (Å²) in [4.78, 5) is 12.6. The van der Waals surface area contributed by atoms with E-state index in [4.69, 9.17) is 5.73 Å². The van der Waals surface area contributed by atoms with Crippen molar-refractivity contribution in [3.05, 3.63) is 130 Å². The monoisotopic (exact) mass is 558 g/mol. The highest BCUT2D eigenvalue weighted by Crippen LogP contribution is 2.31. The summed E-state index contributed by atoms with van der Waals surface area (Å²) >= 11 is 0. The van der Waals surface area contributed by atoms with Crippen molar-refractivity contribution < 1.29 is 31.1 Å². The number of benzene rings is 4. The average molecular weight is 559 g/mol. The van der Waals surface area contributed by atoms with E-state index < -0.39 is 23.5 Å². The fourth-order valence-electron chi connectivity index (χ4n) is 4.10. The highest BCUT2D eigenvalue weighted by atomic mass is 19.4. The van der Waals surface area contributed by atoms with E-state index in [1.54, 1.807) is 38.1 Å². The molecule has 4 aromatic rings. The molecule has 0 fully saturated rings. The molecule has 4 aromatic carbocycles. The molecule has 0 radical (unpaired) electrons. The van der Waals surface area contributed by atoms with Crippen LogP contribution in [0.2, 0.25) is 0 Å². The van der Waals surface area contributed by atoms with Gasteiger partial charge in [0.05, 0.1) is 11.1 Å².